The summed E-state index contributed by atoms with van der Waals surface area (Å²) in [6.45, 7) is 1.94. The van der Waals surface area contributed by atoms with Crippen LogP contribution in [0.15, 0.2) is 46.3 Å². The zero-order valence-electron chi connectivity index (χ0n) is 19.0. The minimum Gasteiger partial charge on any atom is -0.493 e. The second-order valence-electron chi connectivity index (χ2n) is 8.54. The van der Waals surface area contributed by atoms with Crippen LogP contribution in [0.1, 0.15) is 38.3 Å². The lowest BCUT2D eigenvalue weighted by Gasteiger charge is -2.09. The van der Waals surface area contributed by atoms with Gasteiger partial charge in [-0.2, -0.15) is 9.61 Å². The number of hydrogen-bond donors (Lipinski definition) is 4. The van der Waals surface area contributed by atoms with E-state index in [4.69, 9.17) is 9.98 Å². The first-order valence-electron chi connectivity index (χ1n) is 11.4. The molecule has 3 heterocycles. The number of nitrogens with zero attached hydrogens (tertiary/aromatic N) is 4. The summed E-state index contributed by atoms with van der Waals surface area (Å²) in [5.41, 5.74) is 2.54. The van der Waals surface area contributed by atoms with Gasteiger partial charge in [-0.05, 0) is 37.5 Å². The molecule has 1 aliphatic carbocycles. The first-order valence-corrected chi connectivity index (χ1v) is 13.0. The molecule has 1 saturated carbocycles. The van der Waals surface area contributed by atoms with Crippen molar-refractivity contribution in [1.29, 1.82) is 0 Å². The number of fused-ring (bicyclic) bond motifs is 1. The van der Waals surface area contributed by atoms with Crippen molar-refractivity contribution in [3.8, 4) is 17.1 Å². The van der Waals surface area contributed by atoms with Gasteiger partial charge >= 0.3 is 5.69 Å². The maximum atomic E-state index is 12.4. The Labute approximate surface area is 200 Å². The first kappa shape index (κ1) is 22.8. The highest BCUT2D eigenvalue weighted by Gasteiger charge is 2.20. The molecule has 0 unspecified atom stereocenters. The number of aromatic nitrogens is 5. The molecule has 0 aliphatic heterocycles. The SMILES string of the molecule is CCCCS(=O)(=O)Nc1cccc(-c2cc(=NC3CC3)n3nc/c(=C\c4[nH]c(=O)[nH]c4O)c3n2)c1. The number of sulfonamides is 1. The Bertz CT molecular complexity index is 1680. The van der Waals surface area contributed by atoms with Gasteiger partial charge in [0.1, 0.15) is 5.69 Å². The van der Waals surface area contributed by atoms with Gasteiger partial charge in [-0.3, -0.25) is 14.7 Å². The molecule has 4 N–H and O–H groups in total. The molecule has 0 radical (unpaired) electrons. The van der Waals surface area contributed by atoms with Gasteiger partial charge in [-0.1, -0.05) is 25.5 Å². The molecule has 0 spiro atoms. The van der Waals surface area contributed by atoms with Crippen LogP contribution in [0.4, 0.5) is 5.69 Å². The minimum absolute atomic E-state index is 0.0610. The Hall–Kier alpha value is -3.93. The lowest BCUT2D eigenvalue weighted by atomic mass is 10.1. The van der Waals surface area contributed by atoms with E-state index >= 15 is 0 Å². The number of unbranched alkanes of at least 4 members (excludes halogenated alkanes) is 1. The van der Waals surface area contributed by atoms with Gasteiger partial charge in [0.2, 0.25) is 15.9 Å². The summed E-state index contributed by atoms with van der Waals surface area (Å²) in [6, 6.07) is 9.10. The standard InChI is InChI=1S/C23H25N7O4S/c1-2-3-9-35(33,34)29-17-6-4-5-14(10-17)18-12-20(25-16-7-8-16)30-21(26-18)15(13-24-30)11-19-22(31)28-23(32)27-19/h4-6,10-13,16,29,31H,2-3,7-9H2,1H3,(H2,27,28,32)/b15-11+,25-20?. The zero-order valence-corrected chi connectivity index (χ0v) is 19.8. The molecule has 35 heavy (non-hydrogen) atoms. The molecule has 0 saturated heterocycles. The van der Waals surface area contributed by atoms with Gasteiger partial charge < -0.3 is 10.1 Å². The van der Waals surface area contributed by atoms with Crippen LogP contribution >= 0.6 is 0 Å². The first-order chi connectivity index (χ1) is 16.8. The molecule has 12 heteroatoms. The number of hydrogen-bond acceptors (Lipinski definition) is 7. The van der Waals surface area contributed by atoms with E-state index in [-0.39, 0.29) is 23.4 Å². The maximum Gasteiger partial charge on any atom is 0.326 e. The molecule has 0 bridgehead atoms. The molecule has 5 rings (SSSR count). The highest BCUT2D eigenvalue weighted by atomic mass is 32.2. The molecule has 1 fully saturated rings. The summed E-state index contributed by atoms with van der Waals surface area (Å²) in [5.74, 6) is -0.220. The molecular weight excluding hydrogens is 470 g/mol. The van der Waals surface area contributed by atoms with E-state index in [0.29, 0.717) is 39.7 Å². The van der Waals surface area contributed by atoms with E-state index in [1.807, 2.05) is 19.1 Å². The summed E-state index contributed by atoms with van der Waals surface area (Å²) in [4.78, 5) is 25.9. The number of benzene rings is 1. The van der Waals surface area contributed by atoms with Crippen molar-refractivity contribution in [3.05, 3.63) is 63.4 Å². The smallest absolute Gasteiger partial charge is 0.326 e. The number of H-pyrrole nitrogens is 2. The van der Waals surface area contributed by atoms with Crippen LogP contribution in [0.2, 0.25) is 0 Å². The third-order valence-electron chi connectivity index (χ3n) is 5.58. The van der Waals surface area contributed by atoms with Crippen LogP contribution in [0.25, 0.3) is 23.0 Å². The number of aromatic amines is 2. The lowest BCUT2D eigenvalue weighted by Crippen LogP contribution is -2.19. The average Bonchev–Trinajstić information content (AvgIpc) is 3.45. The van der Waals surface area contributed by atoms with Gasteiger partial charge in [-0.25, -0.2) is 18.2 Å². The Morgan fingerprint density at radius 3 is 2.83 bits per heavy atom. The van der Waals surface area contributed by atoms with Crippen LogP contribution in [0, 0.1) is 0 Å². The van der Waals surface area contributed by atoms with Crippen molar-refractivity contribution in [2.24, 2.45) is 4.99 Å². The summed E-state index contributed by atoms with van der Waals surface area (Å²) < 4.78 is 29.0. The van der Waals surface area contributed by atoms with Crippen LogP contribution < -0.4 is 21.1 Å². The Kier molecular flexibility index (Phi) is 5.89. The molecule has 4 aromatic rings. The van der Waals surface area contributed by atoms with E-state index in [0.717, 1.165) is 19.3 Å². The Balaban J connectivity index is 1.62. The number of anilines is 1. The van der Waals surface area contributed by atoms with Crippen molar-refractivity contribution >= 4 is 27.4 Å². The van der Waals surface area contributed by atoms with Gasteiger partial charge in [0.05, 0.1) is 23.7 Å². The van der Waals surface area contributed by atoms with E-state index in [1.54, 1.807) is 35.0 Å². The normalized spacial score (nSPS) is 15.2. The minimum atomic E-state index is -3.44. The van der Waals surface area contributed by atoms with Crippen molar-refractivity contribution in [1.82, 2.24) is 24.6 Å². The zero-order chi connectivity index (χ0) is 24.6. The van der Waals surface area contributed by atoms with Crippen molar-refractivity contribution < 1.29 is 13.5 Å². The maximum absolute atomic E-state index is 12.4. The highest BCUT2D eigenvalue weighted by Crippen LogP contribution is 2.24. The number of aromatic hydroxyl groups is 1. The largest absolute Gasteiger partial charge is 0.493 e. The van der Waals surface area contributed by atoms with Gasteiger partial charge in [-0.15, -0.1) is 0 Å². The van der Waals surface area contributed by atoms with Crippen LogP contribution in [0.5, 0.6) is 5.88 Å². The Morgan fingerprint density at radius 2 is 2.11 bits per heavy atom. The topological polar surface area (TPSA) is 158 Å². The summed E-state index contributed by atoms with van der Waals surface area (Å²) in [6.07, 6.45) is 6.55. The summed E-state index contributed by atoms with van der Waals surface area (Å²) >= 11 is 0. The van der Waals surface area contributed by atoms with E-state index < -0.39 is 15.7 Å². The van der Waals surface area contributed by atoms with Crippen LogP contribution in [0.3, 0.4) is 0 Å². The predicted molar refractivity (Wildman–Crippen MR) is 131 cm³/mol. The Morgan fingerprint density at radius 1 is 1.29 bits per heavy atom. The fraction of sp³-hybridized carbons (Fsp3) is 0.304. The van der Waals surface area contributed by atoms with Crippen molar-refractivity contribution in [2.45, 2.75) is 38.6 Å². The van der Waals surface area contributed by atoms with Crippen LogP contribution in [-0.2, 0) is 10.0 Å². The summed E-state index contributed by atoms with van der Waals surface area (Å²) in [5, 5.41) is 14.9. The predicted octanol–water partition coefficient (Wildman–Crippen LogP) is 1.27. The average molecular weight is 496 g/mol. The molecule has 11 nitrogen and oxygen atoms in total. The van der Waals surface area contributed by atoms with Gasteiger partial charge in [0.15, 0.2) is 11.1 Å². The number of nitrogens with one attached hydrogen (secondary N) is 3. The van der Waals surface area contributed by atoms with E-state index in [1.165, 1.54) is 0 Å². The fourth-order valence-electron chi connectivity index (χ4n) is 3.65. The quantitative estimate of drug-likeness (QED) is 0.288. The molecule has 0 atom stereocenters. The third kappa shape index (κ3) is 5.11. The molecule has 3 aromatic heterocycles. The molecule has 182 valence electrons. The monoisotopic (exact) mass is 495 g/mol. The molecule has 0 amide bonds. The van der Waals surface area contributed by atoms with Crippen molar-refractivity contribution in [2.75, 3.05) is 10.5 Å². The molecule has 1 aromatic carbocycles. The number of rotatable bonds is 8. The van der Waals surface area contributed by atoms with Gasteiger partial charge in [0.25, 0.3) is 0 Å². The van der Waals surface area contributed by atoms with E-state index in [9.17, 15) is 18.3 Å². The van der Waals surface area contributed by atoms with Gasteiger partial charge in [0, 0.05) is 22.5 Å². The third-order valence-corrected chi connectivity index (χ3v) is 6.95. The summed E-state index contributed by atoms with van der Waals surface area (Å²) in [7, 11) is -3.44. The fourth-order valence-corrected chi connectivity index (χ4v) is 4.91. The van der Waals surface area contributed by atoms with E-state index in [2.05, 4.69) is 19.8 Å². The lowest BCUT2D eigenvalue weighted by molar-refractivity contribution is 0.454. The highest BCUT2D eigenvalue weighted by molar-refractivity contribution is 7.92. The van der Waals surface area contributed by atoms with Crippen molar-refractivity contribution in [3.63, 3.8) is 0 Å². The van der Waals surface area contributed by atoms with Crippen LogP contribution in [-0.4, -0.2) is 49.9 Å². The number of imidazole rings is 1. The second kappa shape index (κ2) is 9.02. The molecular formula is C23H25N7O4S. The second-order valence-corrected chi connectivity index (χ2v) is 10.4. The molecule has 1 aliphatic rings.